The number of carbonyl (C=O) groups excluding carboxylic acids is 2. The fourth-order valence-corrected chi connectivity index (χ4v) is 4.37. The minimum atomic E-state index is -0.672. The molecule has 2 aromatic rings. The maximum Gasteiger partial charge on any atom is 0.295 e. The van der Waals surface area contributed by atoms with Gasteiger partial charge in [0.05, 0.1) is 45.0 Å². The van der Waals surface area contributed by atoms with Crippen molar-refractivity contribution in [1.82, 2.24) is 9.88 Å². The molecule has 2 aliphatic heterocycles. The highest BCUT2D eigenvalue weighted by atomic mass is 16.5. The van der Waals surface area contributed by atoms with Crippen molar-refractivity contribution in [3.05, 3.63) is 65.0 Å². The van der Waals surface area contributed by atoms with Crippen LogP contribution in [0.25, 0.3) is 5.76 Å². The number of methoxy groups -OCH3 is 1. The van der Waals surface area contributed by atoms with Crippen LogP contribution < -0.4 is 9.64 Å². The van der Waals surface area contributed by atoms with Crippen molar-refractivity contribution in [2.45, 2.75) is 13.0 Å². The van der Waals surface area contributed by atoms with Crippen LogP contribution in [0, 0.1) is 6.92 Å². The van der Waals surface area contributed by atoms with Gasteiger partial charge in [-0.05, 0) is 48.4 Å². The largest absolute Gasteiger partial charge is 0.507 e. The zero-order valence-electron chi connectivity index (χ0n) is 18.3. The molecule has 0 aliphatic carbocycles. The monoisotopic (exact) mass is 438 g/mol. The van der Waals surface area contributed by atoms with Gasteiger partial charge in [0.25, 0.3) is 11.7 Å². The molecule has 2 saturated heterocycles. The Bertz CT molecular complexity index is 1030. The lowest BCUT2D eigenvalue weighted by Gasteiger charge is -2.29. The number of pyridine rings is 1. The second kappa shape index (κ2) is 9.50. The van der Waals surface area contributed by atoms with Crippen LogP contribution in [0.2, 0.25) is 0 Å². The molecule has 2 aliphatic rings. The zero-order valence-corrected chi connectivity index (χ0v) is 18.3. The van der Waals surface area contributed by atoms with Crippen molar-refractivity contribution < 1.29 is 29.1 Å². The number of aromatic nitrogens is 1. The maximum absolute atomic E-state index is 13.1. The van der Waals surface area contributed by atoms with Gasteiger partial charge in [0, 0.05) is 18.0 Å². The molecule has 1 atom stereocenters. The number of ketones is 1. The molecule has 8 heteroatoms. The summed E-state index contributed by atoms with van der Waals surface area (Å²) in [5, 5.41) is 11.2. The first-order valence-electron chi connectivity index (χ1n) is 10.8. The number of aliphatic hydroxyl groups is 1. The van der Waals surface area contributed by atoms with Crippen molar-refractivity contribution in [2.24, 2.45) is 0 Å². The first kappa shape index (κ1) is 22.0. The predicted octanol–water partition coefficient (Wildman–Crippen LogP) is 0.735. The predicted molar refractivity (Wildman–Crippen MR) is 117 cm³/mol. The van der Waals surface area contributed by atoms with Crippen molar-refractivity contribution >= 4 is 17.4 Å². The topological polar surface area (TPSA) is 93.4 Å². The number of nitrogens with one attached hydrogen (secondary N) is 1. The van der Waals surface area contributed by atoms with E-state index in [4.69, 9.17) is 9.47 Å². The average Bonchev–Trinajstić information content (AvgIpc) is 3.08. The molecular formula is C24H28N3O5+. The summed E-state index contributed by atoms with van der Waals surface area (Å²) in [6.45, 7) is 6.10. The minimum Gasteiger partial charge on any atom is -0.507 e. The van der Waals surface area contributed by atoms with Crippen LogP contribution in [0.1, 0.15) is 22.7 Å². The summed E-state index contributed by atoms with van der Waals surface area (Å²) in [6, 6.07) is 8.07. The van der Waals surface area contributed by atoms with E-state index in [2.05, 4.69) is 4.98 Å². The van der Waals surface area contributed by atoms with E-state index in [0.29, 0.717) is 37.6 Å². The zero-order chi connectivity index (χ0) is 22.7. The second-order valence-electron chi connectivity index (χ2n) is 8.07. The molecule has 8 nitrogen and oxygen atoms in total. The number of rotatable bonds is 6. The molecule has 0 radical (unpaired) electrons. The molecule has 32 heavy (non-hydrogen) atoms. The van der Waals surface area contributed by atoms with E-state index in [1.165, 1.54) is 4.90 Å². The maximum atomic E-state index is 13.1. The van der Waals surface area contributed by atoms with Gasteiger partial charge in [-0.25, -0.2) is 0 Å². The highest BCUT2D eigenvalue weighted by Crippen LogP contribution is 2.39. The summed E-state index contributed by atoms with van der Waals surface area (Å²) in [7, 11) is 1.58. The SMILES string of the molecule is COc1ccc(C(O)=C2C(=O)C(=O)N(CC[NH+]3CCOCC3)C2c2ccncc2)cc1C. The molecule has 0 spiro atoms. The number of likely N-dealkylation sites (tertiary alicyclic amines) is 1. The first-order valence-corrected chi connectivity index (χ1v) is 10.8. The fraction of sp³-hybridized carbons (Fsp3) is 0.375. The number of carbonyl (C=O) groups is 2. The molecule has 2 fully saturated rings. The van der Waals surface area contributed by atoms with E-state index in [1.54, 1.807) is 54.7 Å². The third-order valence-corrected chi connectivity index (χ3v) is 6.14. The van der Waals surface area contributed by atoms with E-state index >= 15 is 0 Å². The van der Waals surface area contributed by atoms with Gasteiger partial charge in [-0.2, -0.15) is 0 Å². The first-order chi connectivity index (χ1) is 15.5. The van der Waals surface area contributed by atoms with Crippen LogP contribution in [0.5, 0.6) is 5.75 Å². The van der Waals surface area contributed by atoms with Crippen molar-refractivity contribution in [3.63, 3.8) is 0 Å². The quantitative estimate of drug-likeness (QED) is 0.393. The Morgan fingerprint density at radius 1 is 1.22 bits per heavy atom. The number of morpholine rings is 1. The molecule has 168 valence electrons. The normalized spacial score (nSPS) is 21.2. The number of Topliss-reactive ketones (excluding diaryl/α,β-unsaturated/α-hetero) is 1. The number of ether oxygens (including phenoxy) is 2. The standard InChI is InChI=1S/C24H27N3O5/c1-16-15-18(3-4-19(16)31-2)22(28)20-21(17-5-7-25-8-6-17)27(24(30)23(20)29)10-9-26-11-13-32-14-12-26/h3-8,15,21,28H,9-14H2,1-2H3/p+1. The van der Waals surface area contributed by atoms with Gasteiger partial charge < -0.3 is 24.4 Å². The van der Waals surface area contributed by atoms with Crippen LogP contribution in [0.4, 0.5) is 0 Å². The Labute approximate surface area is 187 Å². The summed E-state index contributed by atoms with van der Waals surface area (Å²) in [5.74, 6) is -0.765. The third-order valence-electron chi connectivity index (χ3n) is 6.14. The lowest BCUT2D eigenvalue weighted by atomic mass is 9.95. The Morgan fingerprint density at radius 3 is 2.59 bits per heavy atom. The molecule has 3 heterocycles. The van der Waals surface area contributed by atoms with E-state index in [9.17, 15) is 14.7 Å². The van der Waals surface area contributed by atoms with Gasteiger partial charge >= 0.3 is 0 Å². The highest BCUT2D eigenvalue weighted by molar-refractivity contribution is 6.46. The van der Waals surface area contributed by atoms with E-state index < -0.39 is 17.7 Å². The number of aryl methyl sites for hydroxylation is 1. The Morgan fingerprint density at radius 2 is 1.94 bits per heavy atom. The Kier molecular flexibility index (Phi) is 6.53. The molecule has 0 saturated carbocycles. The number of hydrogen-bond acceptors (Lipinski definition) is 6. The summed E-state index contributed by atoms with van der Waals surface area (Å²) in [6.07, 6.45) is 3.25. The van der Waals surface area contributed by atoms with Crippen LogP contribution >= 0.6 is 0 Å². The highest BCUT2D eigenvalue weighted by Gasteiger charge is 2.46. The van der Waals surface area contributed by atoms with Crippen LogP contribution in [0.3, 0.4) is 0 Å². The Balaban J connectivity index is 1.72. The summed E-state index contributed by atoms with van der Waals surface area (Å²) < 4.78 is 10.7. The molecular weight excluding hydrogens is 410 g/mol. The van der Waals surface area contributed by atoms with Gasteiger partial charge in [0.15, 0.2) is 0 Å². The molecule has 1 aromatic heterocycles. The van der Waals surface area contributed by atoms with Crippen molar-refractivity contribution in [2.75, 3.05) is 46.5 Å². The number of nitrogens with zero attached hydrogens (tertiary/aromatic N) is 2. The summed E-state index contributed by atoms with van der Waals surface area (Å²) in [5.41, 5.74) is 2.13. The van der Waals surface area contributed by atoms with E-state index in [-0.39, 0.29) is 11.3 Å². The van der Waals surface area contributed by atoms with Gasteiger partial charge in [0.2, 0.25) is 0 Å². The average molecular weight is 439 g/mol. The van der Waals surface area contributed by atoms with E-state index in [0.717, 1.165) is 24.2 Å². The molecule has 1 amide bonds. The molecule has 2 N–H and O–H groups in total. The van der Waals surface area contributed by atoms with Gasteiger partial charge in [-0.15, -0.1) is 0 Å². The second-order valence-corrected chi connectivity index (χ2v) is 8.07. The number of aliphatic hydroxyl groups excluding tert-OH is 1. The lowest BCUT2D eigenvalue weighted by molar-refractivity contribution is -0.907. The molecule has 0 bridgehead atoms. The molecule has 1 unspecified atom stereocenters. The number of benzene rings is 1. The van der Waals surface area contributed by atoms with E-state index in [1.807, 2.05) is 6.92 Å². The van der Waals surface area contributed by atoms with Crippen LogP contribution in [-0.4, -0.2) is 73.2 Å². The van der Waals surface area contributed by atoms with Crippen molar-refractivity contribution in [3.8, 4) is 5.75 Å². The Hall–Kier alpha value is -3.23. The van der Waals surface area contributed by atoms with Gasteiger partial charge in [-0.3, -0.25) is 14.6 Å². The fourth-order valence-electron chi connectivity index (χ4n) is 4.37. The summed E-state index contributed by atoms with van der Waals surface area (Å²) in [4.78, 5) is 33.1. The molecule has 4 rings (SSSR count). The summed E-state index contributed by atoms with van der Waals surface area (Å²) >= 11 is 0. The van der Waals surface area contributed by atoms with Gasteiger partial charge in [-0.1, -0.05) is 0 Å². The minimum absolute atomic E-state index is 0.0998. The lowest BCUT2D eigenvalue weighted by Crippen LogP contribution is -3.14. The number of amides is 1. The van der Waals surface area contributed by atoms with Crippen LogP contribution in [0.15, 0.2) is 48.3 Å². The van der Waals surface area contributed by atoms with Crippen molar-refractivity contribution in [1.29, 1.82) is 0 Å². The third kappa shape index (κ3) is 4.24. The number of hydrogen-bond donors (Lipinski definition) is 2. The number of quaternary nitrogens is 1. The molecule has 1 aromatic carbocycles. The van der Waals surface area contributed by atoms with Gasteiger partial charge in [0.1, 0.15) is 24.6 Å². The van der Waals surface area contributed by atoms with Crippen LogP contribution in [-0.2, 0) is 14.3 Å². The smallest absolute Gasteiger partial charge is 0.295 e.